The summed E-state index contributed by atoms with van der Waals surface area (Å²) >= 11 is 0. The molecule has 0 spiro atoms. The van der Waals surface area contributed by atoms with Crippen molar-refractivity contribution < 1.29 is 1.43 Å². The molecule has 0 aliphatic heterocycles. The number of nitrogens with one attached hydrogen (secondary N) is 1. The van der Waals surface area contributed by atoms with E-state index in [9.17, 15) is 0 Å². The van der Waals surface area contributed by atoms with Crippen LogP contribution < -0.4 is 5.32 Å². The van der Waals surface area contributed by atoms with Crippen molar-refractivity contribution in [1.82, 2.24) is 5.32 Å². The molecule has 0 aliphatic carbocycles. The maximum atomic E-state index is 3.30. The van der Waals surface area contributed by atoms with E-state index < -0.39 is 0 Å². The van der Waals surface area contributed by atoms with Gasteiger partial charge in [0.2, 0.25) is 0 Å². The smallest absolute Gasteiger partial charge is 0.00359 e. The van der Waals surface area contributed by atoms with Gasteiger partial charge in [-0.05, 0) is 19.9 Å². The third kappa shape index (κ3) is 3.80. The van der Waals surface area contributed by atoms with Crippen LogP contribution in [0.15, 0.2) is 0 Å². The van der Waals surface area contributed by atoms with Crippen LogP contribution in [0.5, 0.6) is 0 Å². The Balaban J connectivity index is 0. The first-order valence-corrected chi connectivity index (χ1v) is 3.04. The lowest BCUT2D eigenvalue weighted by Gasteiger charge is -2.06. The lowest BCUT2D eigenvalue weighted by atomic mass is 10.3. The third-order valence-corrected chi connectivity index (χ3v) is 1.16. The van der Waals surface area contributed by atoms with E-state index in [1.54, 1.807) is 0 Å². The molecule has 7 heavy (non-hydrogen) atoms. The third-order valence-electron chi connectivity index (χ3n) is 1.16. The highest BCUT2D eigenvalue weighted by Crippen LogP contribution is 1.84. The van der Waals surface area contributed by atoms with Crippen LogP contribution in [0.4, 0.5) is 0 Å². The zero-order valence-electron chi connectivity index (χ0n) is 5.49. The second-order valence-electron chi connectivity index (χ2n) is 1.87. The average Bonchev–Trinajstić information content (AvgIpc) is 1.68. The summed E-state index contributed by atoms with van der Waals surface area (Å²) in [5.41, 5.74) is 0. The fourth-order valence-corrected chi connectivity index (χ4v) is 0.493. The molecule has 0 fully saturated rings. The Bertz CT molecular complexity index is 39.5. The number of rotatable bonds is 3. The molecule has 1 atom stereocenters. The van der Waals surface area contributed by atoms with E-state index in [0.717, 1.165) is 6.54 Å². The van der Waals surface area contributed by atoms with Gasteiger partial charge in [0.15, 0.2) is 0 Å². The van der Waals surface area contributed by atoms with E-state index >= 15 is 0 Å². The zero-order valence-corrected chi connectivity index (χ0v) is 5.49. The van der Waals surface area contributed by atoms with Crippen molar-refractivity contribution >= 4 is 0 Å². The lowest BCUT2D eigenvalue weighted by molar-refractivity contribution is 0.553. The summed E-state index contributed by atoms with van der Waals surface area (Å²) in [7, 11) is 0. The normalized spacial score (nSPS) is 14.1. The standard InChI is InChI=1S/C6H15N.H2/c1-4-6(3)7-5-2;/h6-7H,4-5H2,1-3H3;1H/t6-;/m0./s1. The first kappa shape index (κ1) is 6.96. The van der Waals surface area contributed by atoms with Gasteiger partial charge < -0.3 is 5.32 Å². The Morgan fingerprint density at radius 2 is 2.14 bits per heavy atom. The van der Waals surface area contributed by atoms with E-state index in [0.29, 0.717) is 6.04 Å². The van der Waals surface area contributed by atoms with Crippen molar-refractivity contribution in [2.45, 2.75) is 33.2 Å². The van der Waals surface area contributed by atoms with Crippen LogP contribution in [0.1, 0.15) is 28.6 Å². The number of hydrogen-bond acceptors (Lipinski definition) is 1. The number of hydrogen-bond donors (Lipinski definition) is 1. The van der Waals surface area contributed by atoms with Crippen molar-refractivity contribution in [3.05, 3.63) is 0 Å². The highest BCUT2D eigenvalue weighted by atomic mass is 14.9. The topological polar surface area (TPSA) is 12.0 Å². The molecule has 0 amide bonds. The maximum absolute atomic E-state index is 3.30. The molecule has 0 rings (SSSR count). The minimum absolute atomic E-state index is 0. The van der Waals surface area contributed by atoms with Crippen LogP contribution in [-0.4, -0.2) is 12.6 Å². The van der Waals surface area contributed by atoms with Gasteiger partial charge in [0.1, 0.15) is 0 Å². The van der Waals surface area contributed by atoms with E-state index in [2.05, 4.69) is 26.1 Å². The van der Waals surface area contributed by atoms with Gasteiger partial charge in [-0.3, -0.25) is 0 Å². The first-order valence-electron chi connectivity index (χ1n) is 3.04. The predicted octanol–water partition coefficient (Wildman–Crippen LogP) is 1.64. The van der Waals surface area contributed by atoms with Gasteiger partial charge in [-0.1, -0.05) is 13.8 Å². The Labute approximate surface area is 47.6 Å². The van der Waals surface area contributed by atoms with Crippen molar-refractivity contribution in [3.63, 3.8) is 0 Å². The molecule has 0 aromatic rings. The van der Waals surface area contributed by atoms with Gasteiger partial charge in [-0.25, -0.2) is 0 Å². The Morgan fingerprint density at radius 1 is 1.57 bits per heavy atom. The summed E-state index contributed by atoms with van der Waals surface area (Å²) < 4.78 is 0. The minimum atomic E-state index is 0. The highest BCUT2D eigenvalue weighted by Gasteiger charge is 1.90. The van der Waals surface area contributed by atoms with Crippen LogP contribution in [-0.2, 0) is 0 Å². The molecule has 1 heteroatoms. The molecule has 0 heterocycles. The van der Waals surface area contributed by atoms with E-state index in [4.69, 9.17) is 0 Å². The average molecular weight is 103 g/mol. The van der Waals surface area contributed by atoms with Crippen molar-refractivity contribution in [3.8, 4) is 0 Å². The fraction of sp³-hybridized carbons (Fsp3) is 1.00. The van der Waals surface area contributed by atoms with Gasteiger partial charge in [0.05, 0.1) is 0 Å². The summed E-state index contributed by atoms with van der Waals surface area (Å²) in [6, 6.07) is 0.699. The van der Waals surface area contributed by atoms with Gasteiger partial charge in [0, 0.05) is 7.47 Å². The van der Waals surface area contributed by atoms with Crippen LogP contribution in [0, 0.1) is 0 Å². The summed E-state index contributed by atoms with van der Waals surface area (Å²) in [6.07, 6.45) is 1.23. The highest BCUT2D eigenvalue weighted by molar-refractivity contribution is 4.53. The van der Waals surface area contributed by atoms with Gasteiger partial charge in [-0.2, -0.15) is 0 Å². The van der Waals surface area contributed by atoms with Crippen molar-refractivity contribution in [1.29, 1.82) is 0 Å². The minimum Gasteiger partial charge on any atom is -0.315 e. The van der Waals surface area contributed by atoms with Crippen molar-refractivity contribution in [2.24, 2.45) is 0 Å². The zero-order chi connectivity index (χ0) is 5.70. The van der Waals surface area contributed by atoms with Gasteiger partial charge in [-0.15, -0.1) is 0 Å². The molecule has 46 valence electrons. The Hall–Kier alpha value is -0.0400. The summed E-state index contributed by atoms with van der Waals surface area (Å²) in [4.78, 5) is 0. The van der Waals surface area contributed by atoms with E-state index in [1.807, 2.05) is 0 Å². The SMILES string of the molecule is CCN[C@@H](C)CC.[HH]. The molecule has 0 aromatic heterocycles. The van der Waals surface area contributed by atoms with Gasteiger partial charge in [0.25, 0.3) is 0 Å². The molecule has 0 aromatic carbocycles. The quantitative estimate of drug-likeness (QED) is 0.572. The molecular formula is C6H17N. The second kappa shape index (κ2) is 4.13. The van der Waals surface area contributed by atoms with Crippen molar-refractivity contribution in [2.75, 3.05) is 6.54 Å². The molecule has 0 bridgehead atoms. The van der Waals surface area contributed by atoms with Crippen LogP contribution in [0.25, 0.3) is 0 Å². The lowest BCUT2D eigenvalue weighted by Crippen LogP contribution is -2.24. The largest absolute Gasteiger partial charge is 0.315 e. The van der Waals surface area contributed by atoms with Crippen LogP contribution in [0.3, 0.4) is 0 Å². The Kier molecular flexibility index (Phi) is 4.10. The molecular weight excluding hydrogens is 86.1 g/mol. The molecule has 0 aliphatic rings. The van der Waals surface area contributed by atoms with Crippen LogP contribution in [0.2, 0.25) is 0 Å². The van der Waals surface area contributed by atoms with E-state index in [1.165, 1.54) is 6.42 Å². The Morgan fingerprint density at radius 3 is 2.29 bits per heavy atom. The van der Waals surface area contributed by atoms with Crippen LogP contribution >= 0.6 is 0 Å². The molecule has 0 saturated carbocycles. The molecule has 1 nitrogen and oxygen atoms in total. The predicted molar refractivity (Wildman–Crippen MR) is 35.5 cm³/mol. The maximum Gasteiger partial charge on any atom is 0.00359 e. The summed E-state index contributed by atoms with van der Waals surface area (Å²) in [5, 5.41) is 3.30. The second-order valence-corrected chi connectivity index (χ2v) is 1.87. The fourth-order valence-electron chi connectivity index (χ4n) is 0.493. The monoisotopic (exact) mass is 103 g/mol. The van der Waals surface area contributed by atoms with E-state index in [-0.39, 0.29) is 1.43 Å². The summed E-state index contributed by atoms with van der Waals surface area (Å²) in [5.74, 6) is 0. The molecule has 0 unspecified atom stereocenters. The van der Waals surface area contributed by atoms with Gasteiger partial charge >= 0.3 is 0 Å². The molecule has 1 N–H and O–H groups in total. The molecule has 0 radical (unpaired) electrons. The first-order chi connectivity index (χ1) is 3.31. The molecule has 0 saturated heterocycles. The summed E-state index contributed by atoms with van der Waals surface area (Å²) in [6.45, 7) is 7.61.